The molecule has 0 fully saturated rings. The predicted octanol–water partition coefficient (Wildman–Crippen LogP) is 4.10. The van der Waals surface area contributed by atoms with Gasteiger partial charge in [-0.05, 0) is 58.1 Å². The molecule has 0 bridgehead atoms. The minimum atomic E-state index is -3.45. The molecule has 0 radical (unpaired) electrons. The predicted molar refractivity (Wildman–Crippen MR) is 127 cm³/mol. The fourth-order valence-corrected chi connectivity index (χ4v) is 5.65. The second-order valence-corrected chi connectivity index (χ2v) is 10.6. The maximum Gasteiger partial charge on any atom is 0.211 e. The summed E-state index contributed by atoms with van der Waals surface area (Å²) in [6.07, 6.45) is 5.27. The van der Waals surface area contributed by atoms with Gasteiger partial charge in [-0.2, -0.15) is 15.6 Å². The second kappa shape index (κ2) is 9.28. The molecule has 0 amide bonds. The van der Waals surface area contributed by atoms with Crippen LogP contribution in [0.25, 0.3) is 4.85 Å². The number of nitrogens with zero attached hydrogens (tertiary/aromatic N) is 4. The van der Waals surface area contributed by atoms with Crippen molar-refractivity contribution in [1.29, 1.82) is 0 Å². The van der Waals surface area contributed by atoms with E-state index in [-0.39, 0.29) is 12.6 Å². The van der Waals surface area contributed by atoms with Crippen molar-refractivity contribution in [1.82, 2.24) is 9.29 Å². The molecule has 3 aromatic rings. The van der Waals surface area contributed by atoms with Crippen LogP contribution in [0.3, 0.4) is 0 Å². The van der Waals surface area contributed by atoms with Gasteiger partial charge in [0.05, 0.1) is 24.6 Å². The first-order valence-corrected chi connectivity index (χ1v) is 12.9. The zero-order valence-corrected chi connectivity index (χ0v) is 19.6. The lowest BCUT2D eigenvalue weighted by molar-refractivity contribution is 0.180. The van der Waals surface area contributed by atoms with Crippen LogP contribution in [0.1, 0.15) is 16.7 Å². The number of thiophene rings is 1. The molecule has 1 aromatic carbocycles. The fraction of sp³-hybridized carbons (Fsp3) is 0.304. The number of rotatable bonds is 7. The highest BCUT2D eigenvalue weighted by Gasteiger charge is 2.33. The monoisotopic (exact) mass is 468 g/mol. The van der Waals surface area contributed by atoms with E-state index in [4.69, 9.17) is 11.3 Å². The van der Waals surface area contributed by atoms with Gasteiger partial charge in [0.25, 0.3) is 0 Å². The van der Waals surface area contributed by atoms with Gasteiger partial charge in [-0.3, -0.25) is 4.98 Å². The Hall–Kier alpha value is -2.93. The number of anilines is 1. The number of hydrogen-bond acceptors (Lipinski definition) is 6. The topological polar surface area (TPSA) is 67.1 Å². The van der Waals surface area contributed by atoms with Crippen LogP contribution in [0.5, 0.6) is 5.75 Å². The van der Waals surface area contributed by atoms with E-state index >= 15 is 0 Å². The summed E-state index contributed by atoms with van der Waals surface area (Å²) < 4.78 is 32.8. The van der Waals surface area contributed by atoms with E-state index in [9.17, 15) is 8.42 Å². The van der Waals surface area contributed by atoms with Gasteiger partial charge in [-0.25, -0.2) is 13.3 Å². The summed E-state index contributed by atoms with van der Waals surface area (Å²) >= 11 is 1.54. The highest BCUT2D eigenvalue weighted by atomic mass is 32.2. The Balaban J connectivity index is 1.64. The van der Waals surface area contributed by atoms with Gasteiger partial charge in [0.2, 0.25) is 10.0 Å². The maximum atomic E-state index is 12.6. The molecule has 1 unspecified atom stereocenters. The Bertz CT molecular complexity index is 1220. The molecule has 4 rings (SSSR count). The molecule has 1 aliphatic rings. The first-order chi connectivity index (χ1) is 15.3. The van der Waals surface area contributed by atoms with Crippen molar-refractivity contribution in [2.45, 2.75) is 25.6 Å². The van der Waals surface area contributed by atoms with Crippen LogP contribution >= 0.6 is 11.3 Å². The second-order valence-electron chi connectivity index (χ2n) is 7.89. The van der Waals surface area contributed by atoms with E-state index in [2.05, 4.69) is 9.83 Å². The number of ether oxygens (including phenoxy) is 1. The van der Waals surface area contributed by atoms with E-state index < -0.39 is 10.0 Å². The zero-order chi connectivity index (χ0) is 22.7. The van der Waals surface area contributed by atoms with Gasteiger partial charge in [-0.1, -0.05) is 6.07 Å². The summed E-state index contributed by atoms with van der Waals surface area (Å²) in [5, 5.41) is 3.90. The first-order valence-electron chi connectivity index (χ1n) is 10.1. The van der Waals surface area contributed by atoms with Crippen LogP contribution in [0.15, 0.2) is 53.5 Å². The van der Waals surface area contributed by atoms with Crippen molar-refractivity contribution >= 4 is 32.7 Å². The van der Waals surface area contributed by atoms with Crippen molar-refractivity contribution in [3.8, 4) is 5.75 Å². The van der Waals surface area contributed by atoms with Crippen LogP contribution in [-0.2, 0) is 29.5 Å². The lowest BCUT2D eigenvalue weighted by Crippen LogP contribution is -2.45. The molecule has 3 heterocycles. The molecule has 32 heavy (non-hydrogen) atoms. The lowest BCUT2D eigenvalue weighted by atomic mass is 10.00. The van der Waals surface area contributed by atoms with Crippen LogP contribution in [0, 0.1) is 6.57 Å². The normalized spacial score (nSPS) is 15.6. The third-order valence-electron chi connectivity index (χ3n) is 5.44. The molecule has 166 valence electrons. The summed E-state index contributed by atoms with van der Waals surface area (Å²) in [4.78, 5) is 9.83. The summed E-state index contributed by atoms with van der Waals surface area (Å²) in [7, 11) is -1.50. The molecule has 2 aromatic heterocycles. The van der Waals surface area contributed by atoms with Crippen molar-refractivity contribution < 1.29 is 13.2 Å². The minimum absolute atomic E-state index is 0.259. The number of sulfonamides is 1. The summed E-state index contributed by atoms with van der Waals surface area (Å²) in [5.74, 6) is 0.712. The molecule has 1 aliphatic heterocycles. The Labute approximate surface area is 192 Å². The molecule has 1 atom stereocenters. The minimum Gasteiger partial charge on any atom is -0.490 e. The zero-order valence-electron chi connectivity index (χ0n) is 17.9. The van der Waals surface area contributed by atoms with Gasteiger partial charge in [0.1, 0.15) is 12.4 Å². The SMILES string of the molecule is [C-]#[N+]c1cc2c(c(N(C)Cc3cccnc3)c1)OCC(N(Cc1ccsc1)S(C)(=O)=O)C2. The number of fused-ring (bicyclic) bond motifs is 1. The largest absolute Gasteiger partial charge is 0.490 e. The number of aromatic nitrogens is 1. The van der Waals surface area contributed by atoms with E-state index in [0.717, 1.165) is 22.4 Å². The Morgan fingerprint density at radius 2 is 2.12 bits per heavy atom. The maximum absolute atomic E-state index is 12.6. The molecule has 0 saturated heterocycles. The quantitative estimate of drug-likeness (QED) is 0.489. The van der Waals surface area contributed by atoms with Crippen LogP contribution in [0.4, 0.5) is 11.4 Å². The lowest BCUT2D eigenvalue weighted by Gasteiger charge is -2.35. The van der Waals surface area contributed by atoms with Crippen LogP contribution in [0.2, 0.25) is 0 Å². The van der Waals surface area contributed by atoms with Crippen LogP contribution in [-0.4, -0.2) is 43.7 Å². The van der Waals surface area contributed by atoms with E-state index in [1.807, 2.05) is 53.2 Å². The molecule has 0 saturated carbocycles. The van der Waals surface area contributed by atoms with Gasteiger partial charge in [0, 0.05) is 32.5 Å². The third kappa shape index (κ3) is 4.93. The summed E-state index contributed by atoms with van der Waals surface area (Å²) in [5.41, 5.74) is 4.17. The molecule has 0 N–H and O–H groups in total. The number of pyridine rings is 1. The van der Waals surface area contributed by atoms with Crippen molar-refractivity contribution in [2.75, 3.05) is 24.8 Å². The highest BCUT2D eigenvalue weighted by molar-refractivity contribution is 7.88. The molecular formula is C23H24N4O3S2. The van der Waals surface area contributed by atoms with Gasteiger partial charge >= 0.3 is 0 Å². The molecular weight excluding hydrogens is 444 g/mol. The average Bonchev–Trinajstić information content (AvgIpc) is 3.29. The van der Waals surface area contributed by atoms with Crippen molar-refractivity contribution in [3.05, 3.63) is 81.6 Å². The number of benzene rings is 1. The standard InChI is InChI=1S/C23H24N4O3S2/c1-24-20-9-19-10-21(27(32(3,28)29)14-18-6-8-31-16-18)15-30-23(19)22(11-20)26(2)13-17-5-4-7-25-12-17/h4-9,11-12,16,21H,10,13-15H2,2-3H3. The average molecular weight is 469 g/mol. The van der Waals surface area contributed by atoms with Gasteiger partial charge < -0.3 is 9.64 Å². The highest BCUT2D eigenvalue weighted by Crippen LogP contribution is 2.40. The molecule has 7 nitrogen and oxygen atoms in total. The molecule has 0 spiro atoms. The third-order valence-corrected chi connectivity index (χ3v) is 7.45. The first kappa shape index (κ1) is 22.3. The van der Waals surface area contributed by atoms with Gasteiger partial charge in [0.15, 0.2) is 5.69 Å². The van der Waals surface area contributed by atoms with E-state index in [1.54, 1.807) is 23.6 Å². The van der Waals surface area contributed by atoms with Crippen LogP contribution < -0.4 is 9.64 Å². The smallest absolute Gasteiger partial charge is 0.211 e. The van der Waals surface area contributed by atoms with Gasteiger partial charge in [-0.15, -0.1) is 0 Å². The molecule has 9 heteroatoms. The van der Waals surface area contributed by atoms with Crippen molar-refractivity contribution in [3.63, 3.8) is 0 Å². The Morgan fingerprint density at radius 1 is 1.28 bits per heavy atom. The Morgan fingerprint density at radius 3 is 2.78 bits per heavy atom. The van der Waals surface area contributed by atoms with E-state index in [1.165, 1.54) is 10.6 Å². The number of hydrogen-bond donors (Lipinski definition) is 0. The van der Waals surface area contributed by atoms with E-state index in [0.29, 0.717) is 30.9 Å². The summed E-state index contributed by atoms with van der Waals surface area (Å²) in [6.45, 7) is 8.72. The fourth-order valence-electron chi connectivity index (χ4n) is 3.93. The Kier molecular flexibility index (Phi) is 6.46. The summed E-state index contributed by atoms with van der Waals surface area (Å²) in [6, 6.07) is 9.12. The van der Waals surface area contributed by atoms with Crippen molar-refractivity contribution in [2.24, 2.45) is 0 Å². The molecule has 0 aliphatic carbocycles.